The minimum atomic E-state index is -3.80. The van der Waals surface area contributed by atoms with Crippen molar-refractivity contribution in [1.29, 1.82) is 0 Å². The zero-order valence-electron chi connectivity index (χ0n) is 14.0. The highest BCUT2D eigenvalue weighted by Crippen LogP contribution is 2.31. The Balaban J connectivity index is 2.22. The maximum atomic E-state index is 12.5. The zero-order chi connectivity index (χ0) is 18.0. The quantitative estimate of drug-likeness (QED) is 0.661. The van der Waals surface area contributed by atoms with Crippen LogP contribution in [0.5, 0.6) is 0 Å². The van der Waals surface area contributed by atoms with Crippen LogP contribution in [0, 0.1) is 5.92 Å². The van der Waals surface area contributed by atoms with Crippen LogP contribution in [0.1, 0.15) is 26.7 Å². The summed E-state index contributed by atoms with van der Waals surface area (Å²) in [5, 5.41) is 0. The van der Waals surface area contributed by atoms with Gasteiger partial charge in [-0.25, -0.2) is 21.6 Å². The lowest BCUT2D eigenvalue weighted by Crippen LogP contribution is -2.38. The van der Waals surface area contributed by atoms with Gasteiger partial charge in [-0.05, 0) is 37.0 Å². The van der Waals surface area contributed by atoms with E-state index in [1.165, 1.54) is 28.6 Å². The highest BCUT2D eigenvalue weighted by atomic mass is 32.2. The van der Waals surface area contributed by atoms with Crippen molar-refractivity contribution in [3.8, 4) is 0 Å². The standard InChI is InChI=1S/C15H25N3O4S2/c1-3-18(4-2)24(21,22)14-7-5-6-13(10-14)23(19,20)17-11-15(16)12-8-9-12/h5-7,10,12,15,17H,3-4,8-9,11,16H2,1-2H3. The van der Waals surface area contributed by atoms with Crippen molar-refractivity contribution in [2.45, 2.75) is 42.5 Å². The van der Waals surface area contributed by atoms with Crippen molar-refractivity contribution in [2.24, 2.45) is 11.7 Å². The molecule has 0 bridgehead atoms. The van der Waals surface area contributed by atoms with Crippen molar-refractivity contribution in [3.05, 3.63) is 24.3 Å². The van der Waals surface area contributed by atoms with Crippen molar-refractivity contribution >= 4 is 20.0 Å². The molecule has 0 spiro atoms. The van der Waals surface area contributed by atoms with Crippen molar-refractivity contribution in [2.75, 3.05) is 19.6 Å². The lowest BCUT2D eigenvalue weighted by atomic mass is 10.2. The maximum Gasteiger partial charge on any atom is 0.243 e. The molecule has 1 aliphatic carbocycles. The summed E-state index contributed by atoms with van der Waals surface area (Å²) >= 11 is 0. The van der Waals surface area contributed by atoms with Crippen LogP contribution in [0.3, 0.4) is 0 Å². The third-order valence-electron chi connectivity index (χ3n) is 4.20. The summed E-state index contributed by atoms with van der Waals surface area (Å²) < 4.78 is 53.6. The SMILES string of the molecule is CCN(CC)S(=O)(=O)c1cccc(S(=O)(=O)NCC(N)C2CC2)c1. The first-order valence-corrected chi connectivity index (χ1v) is 11.0. The van der Waals surface area contributed by atoms with Crippen LogP contribution in [-0.2, 0) is 20.0 Å². The molecule has 24 heavy (non-hydrogen) atoms. The second-order valence-electron chi connectivity index (χ2n) is 5.92. The van der Waals surface area contributed by atoms with Gasteiger partial charge in [0.25, 0.3) is 0 Å². The molecule has 7 nitrogen and oxygen atoms in total. The van der Waals surface area contributed by atoms with Gasteiger partial charge in [-0.3, -0.25) is 0 Å². The van der Waals surface area contributed by atoms with Crippen LogP contribution >= 0.6 is 0 Å². The minimum Gasteiger partial charge on any atom is -0.326 e. The Hall–Kier alpha value is -1.00. The maximum absolute atomic E-state index is 12.5. The summed E-state index contributed by atoms with van der Waals surface area (Å²) in [6.45, 7) is 4.28. The Kier molecular flexibility index (Phi) is 6.03. The molecule has 9 heteroatoms. The number of hydrogen-bond acceptors (Lipinski definition) is 5. The van der Waals surface area contributed by atoms with E-state index in [4.69, 9.17) is 5.73 Å². The van der Waals surface area contributed by atoms with E-state index < -0.39 is 20.0 Å². The summed E-state index contributed by atoms with van der Waals surface area (Å²) in [7, 11) is -7.50. The van der Waals surface area contributed by atoms with Gasteiger partial charge in [0.2, 0.25) is 20.0 Å². The first-order valence-electron chi connectivity index (χ1n) is 8.07. The number of hydrogen-bond donors (Lipinski definition) is 2. The van der Waals surface area contributed by atoms with Crippen LogP contribution in [0.15, 0.2) is 34.1 Å². The van der Waals surface area contributed by atoms with E-state index in [1.807, 2.05) is 0 Å². The van der Waals surface area contributed by atoms with Gasteiger partial charge in [-0.15, -0.1) is 0 Å². The largest absolute Gasteiger partial charge is 0.326 e. The van der Waals surface area contributed by atoms with Gasteiger partial charge in [-0.2, -0.15) is 4.31 Å². The number of sulfonamides is 2. The fourth-order valence-corrected chi connectivity index (χ4v) is 5.19. The summed E-state index contributed by atoms with van der Waals surface area (Å²) in [4.78, 5) is -0.0979. The number of rotatable bonds is 9. The van der Waals surface area contributed by atoms with Crippen molar-refractivity contribution in [1.82, 2.24) is 9.03 Å². The third-order valence-corrected chi connectivity index (χ3v) is 7.66. The fraction of sp³-hybridized carbons (Fsp3) is 0.600. The average molecular weight is 376 g/mol. The van der Waals surface area contributed by atoms with E-state index in [1.54, 1.807) is 13.8 Å². The number of nitrogens with zero attached hydrogens (tertiary/aromatic N) is 1. The van der Waals surface area contributed by atoms with E-state index in [-0.39, 0.29) is 22.4 Å². The lowest BCUT2D eigenvalue weighted by molar-refractivity contribution is 0.445. The van der Waals surface area contributed by atoms with E-state index in [9.17, 15) is 16.8 Å². The predicted molar refractivity (Wildman–Crippen MR) is 92.4 cm³/mol. The molecule has 1 fully saturated rings. The van der Waals surface area contributed by atoms with Gasteiger partial charge in [0.05, 0.1) is 9.79 Å². The predicted octanol–water partition coefficient (Wildman–Crippen LogP) is 0.733. The zero-order valence-corrected chi connectivity index (χ0v) is 15.6. The molecule has 0 aliphatic heterocycles. The molecule has 1 atom stereocenters. The molecule has 0 saturated heterocycles. The summed E-state index contributed by atoms with van der Waals surface area (Å²) in [6, 6.07) is 5.21. The topological polar surface area (TPSA) is 110 Å². The minimum absolute atomic E-state index is 0.0273. The molecule has 2 rings (SSSR count). The van der Waals surface area contributed by atoms with Gasteiger partial charge in [0.15, 0.2) is 0 Å². The molecule has 0 amide bonds. The molecule has 1 aliphatic rings. The Morgan fingerprint density at radius 3 is 2.29 bits per heavy atom. The number of nitrogens with one attached hydrogen (secondary N) is 1. The number of benzene rings is 1. The molecule has 3 N–H and O–H groups in total. The molecule has 136 valence electrons. The highest BCUT2D eigenvalue weighted by molar-refractivity contribution is 7.90. The molecule has 1 aromatic carbocycles. The molecule has 0 aromatic heterocycles. The fourth-order valence-electron chi connectivity index (χ4n) is 2.49. The van der Waals surface area contributed by atoms with E-state index in [0.717, 1.165) is 12.8 Å². The lowest BCUT2D eigenvalue weighted by Gasteiger charge is -2.19. The molecule has 1 aromatic rings. The second kappa shape index (κ2) is 7.49. The number of nitrogens with two attached hydrogens (primary N) is 1. The summed E-state index contributed by atoms with van der Waals surface area (Å²) in [5.41, 5.74) is 5.91. The first-order chi connectivity index (χ1) is 11.2. The Morgan fingerprint density at radius 2 is 1.75 bits per heavy atom. The summed E-state index contributed by atoms with van der Waals surface area (Å²) in [6.07, 6.45) is 2.06. The highest BCUT2D eigenvalue weighted by Gasteiger charge is 2.30. The van der Waals surface area contributed by atoms with E-state index >= 15 is 0 Å². The van der Waals surface area contributed by atoms with Crippen molar-refractivity contribution in [3.63, 3.8) is 0 Å². The van der Waals surface area contributed by atoms with Crippen LogP contribution in [0.4, 0.5) is 0 Å². The van der Waals surface area contributed by atoms with Crippen molar-refractivity contribution < 1.29 is 16.8 Å². The molecular formula is C15H25N3O4S2. The molecule has 0 heterocycles. The monoisotopic (exact) mass is 375 g/mol. The van der Waals surface area contributed by atoms with Gasteiger partial charge in [0, 0.05) is 25.7 Å². The van der Waals surface area contributed by atoms with Gasteiger partial charge in [-0.1, -0.05) is 19.9 Å². The van der Waals surface area contributed by atoms with E-state index in [0.29, 0.717) is 19.0 Å². The Labute approximate surface area is 144 Å². The van der Waals surface area contributed by atoms with E-state index in [2.05, 4.69) is 4.72 Å². The third kappa shape index (κ3) is 4.34. The normalized spacial score (nSPS) is 17.2. The van der Waals surface area contributed by atoms with Gasteiger partial charge >= 0.3 is 0 Å². The van der Waals surface area contributed by atoms with Crippen LogP contribution in [0.25, 0.3) is 0 Å². The molecule has 1 unspecified atom stereocenters. The second-order valence-corrected chi connectivity index (χ2v) is 9.62. The van der Waals surface area contributed by atoms with Crippen LogP contribution < -0.4 is 10.5 Å². The van der Waals surface area contributed by atoms with Gasteiger partial charge < -0.3 is 5.73 Å². The first kappa shape index (κ1) is 19.3. The summed E-state index contributed by atoms with van der Waals surface area (Å²) in [5.74, 6) is 0.377. The molecular weight excluding hydrogens is 350 g/mol. The van der Waals surface area contributed by atoms with Gasteiger partial charge in [0.1, 0.15) is 0 Å². The van der Waals surface area contributed by atoms with Crippen LogP contribution in [0.2, 0.25) is 0 Å². The Bertz CT molecular complexity index is 770. The Morgan fingerprint density at radius 1 is 1.17 bits per heavy atom. The smallest absolute Gasteiger partial charge is 0.243 e. The molecule has 0 radical (unpaired) electrons. The average Bonchev–Trinajstić information content (AvgIpc) is 3.38. The van der Waals surface area contributed by atoms with Crippen LogP contribution in [-0.4, -0.2) is 46.8 Å². The molecule has 1 saturated carbocycles.